The third-order valence-electron chi connectivity index (χ3n) is 2.38. The fraction of sp³-hybridized carbons (Fsp3) is 0.154. The Morgan fingerprint density at radius 1 is 1.33 bits per heavy atom. The van der Waals surface area contributed by atoms with Gasteiger partial charge in [0.25, 0.3) is 0 Å². The molecule has 2 rings (SSSR count). The van der Waals surface area contributed by atoms with Crippen LogP contribution in [0.15, 0.2) is 42.7 Å². The van der Waals surface area contributed by atoms with Crippen molar-refractivity contribution in [3.8, 4) is 5.75 Å². The van der Waals surface area contributed by atoms with E-state index in [9.17, 15) is 4.39 Å². The largest absolute Gasteiger partial charge is 0.492 e. The average Bonchev–Trinajstić information content (AvgIpc) is 2.36. The van der Waals surface area contributed by atoms with Crippen LogP contribution in [0.1, 0.15) is 11.6 Å². The van der Waals surface area contributed by atoms with Crippen molar-refractivity contribution >= 4 is 11.6 Å². The number of ether oxygens (including phenoxy) is 1. The quantitative estimate of drug-likeness (QED) is 0.926. The molecular weight excluding hydrogens is 255 g/mol. The number of halogens is 2. The van der Waals surface area contributed by atoms with Gasteiger partial charge in [0.15, 0.2) is 0 Å². The third kappa shape index (κ3) is 3.42. The topological polar surface area (TPSA) is 48.1 Å². The van der Waals surface area contributed by atoms with Gasteiger partial charge >= 0.3 is 0 Å². The molecule has 2 aromatic rings. The fourth-order valence-corrected chi connectivity index (χ4v) is 1.65. The molecule has 94 valence electrons. The van der Waals surface area contributed by atoms with E-state index in [1.165, 1.54) is 12.3 Å². The van der Waals surface area contributed by atoms with Crippen LogP contribution in [0.5, 0.6) is 5.75 Å². The smallest absolute Gasteiger partial charge is 0.141 e. The number of nitrogens with zero attached hydrogens (tertiary/aromatic N) is 1. The van der Waals surface area contributed by atoms with Crippen molar-refractivity contribution in [2.24, 2.45) is 5.73 Å². The SMILES string of the molecule is NC(COc1cccc(Cl)c1)c1cncc(F)c1. The second-order valence-electron chi connectivity index (χ2n) is 3.81. The summed E-state index contributed by atoms with van der Waals surface area (Å²) in [6.07, 6.45) is 2.66. The Morgan fingerprint density at radius 2 is 2.17 bits per heavy atom. The number of aromatic nitrogens is 1. The minimum Gasteiger partial charge on any atom is -0.492 e. The van der Waals surface area contributed by atoms with Gasteiger partial charge in [-0.3, -0.25) is 4.98 Å². The van der Waals surface area contributed by atoms with Crippen molar-refractivity contribution in [2.45, 2.75) is 6.04 Å². The molecule has 3 nitrogen and oxygen atoms in total. The Bertz CT molecular complexity index is 536. The lowest BCUT2D eigenvalue weighted by Gasteiger charge is -2.13. The molecule has 0 aliphatic carbocycles. The maximum Gasteiger partial charge on any atom is 0.141 e. The number of rotatable bonds is 4. The molecule has 0 amide bonds. The first-order valence-corrected chi connectivity index (χ1v) is 5.77. The molecule has 18 heavy (non-hydrogen) atoms. The molecule has 0 spiro atoms. The van der Waals surface area contributed by atoms with Crippen molar-refractivity contribution in [1.82, 2.24) is 4.98 Å². The summed E-state index contributed by atoms with van der Waals surface area (Å²) in [6, 6.07) is 7.92. The number of pyridine rings is 1. The highest BCUT2D eigenvalue weighted by Crippen LogP contribution is 2.19. The van der Waals surface area contributed by atoms with Crippen LogP contribution in [0.25, 0.3) is 0 Å². The fourth-order valence-electron chi connectivity index (χ4n) is 1.47. The summed E-state index contributed by atoms with van der Waals surface area (Å²) in [5.74, 6) is 0.216. The van der Waals surface area contributed by atoms with E-state index in [1.54, 1.807) is 24.3 Å². The Kier molecular flexibility index (Phi) is 4.12. The number of benzene rings is 1. The van der Waals surface area contributed by atoms with Crippen molar-refractivity contribution in [3.63, 3.8) is 0 Å². The third-order valence-corrected chi connectivity index (χ3v) is 2.61. The molecule has 1 aromatic heterocycles. The lowest BCUT2D eigenvalue weighted by atomic mass is 10.1. The number of nitrogens with two attached hydrogens (primary N) is 1. The summed E-state index contributed by atoms with van der Waals surface area (Å²) >= 11 is 5.83. The summed E-state index contributed by atoms with van der Waals surface area (Å²) in [5.41, 5.74) is 6.48. The van der Waals surface area contributed by atoms with E-state index in [2.05, 4.69) is 4.98 Å². The Morgan fingerprint density at radius 3 is 2.89 bits per heavy atom. The average molecular weight is 267 g/mol. The molecule has 0 bridgehead atoms. The van der Waals surface area contributed by atoms with Gasteiger partial charge in [0, 0.05) is 11.2 Å². The number of hydrogen-bond acceptors (Lipinski definition) is 3. The summed E-state index contributed by atoms with van der Waals surface area (Å²) in [7, 11) is 0. The number of hydrogen-bond donors (Lipinski definition) is 1. The van der Waals surface area contributed by atoms with Gasteiger partial charge in [0.1, 0.15) is 18.2 Å². The van der Waals surface area contributed by atoms with Gasteiger partial charge in [-0.2, -0.15) is 0 Å². The minimum atomic E-state index is -0.438. The standard InChI is InChI=1S/C13H12ClFN2O/c14-10-2-1-3-12(5-10)18-8-13(16)9-4-11(15)7-17-6-9/h1-7,13H,8,16H2. The van der Waals surface area contributed by atoms with Crippen molar-refractivity contribution < 1.29 is 9.13 Å². The molecule has 5 heteroatoms. The Labute approximate surface area is 109 Å². The predicted molar refractivity (Wildman–Crippen MR) is 68.1 cm³/mol. The molecule has 2 N–H and O–H groups in total. The highest BCUT2D eigenvalue weighted by molar-refractivity contribution is 6.30. The van der Waals surface area contributed by atoms with Crippen LogP contribution in [0.3, 0.4) is 0 Å². The van der Waals surface area contributed by atoms with Crippen LogP contribution in [-0.4, -0.2) is 11.6 Å². The molecule has 0 radical (unpaired) electrons. The first kappa shape index (κ1) is 12.8. The van der Waals surface area contributed by atoms with Crippen LogP contribution < -0.4 is 10.5 Å². The normalized spacial score (nSPS) is 12.2. The Hall–Kier alpha value is -1.65. The molecule has 0 aliphatic rings. The minimum absolute atomic E-state index is 0.228. The van der Waals surface area contributed by atoms with Crippen LogP contribution in [0, 0.1) is 5.82 Å². The van der Waals surface area contributed by atoms with Crippen LogP contribution in [0.2, 0.25) is 5.02 Å². The zero-order valence-corrected chi connectivity index (χ0v) is 10.3. The van der Waals surface area contributed by atoms with E-state index in [1.807, 2.05) is 0 Å². The van der Waals surface area contributed by atoms with Gasteiger partial charge in [-0.25, -0.2) is 4.39 Å². The van der Waals surface area contributed by atoms with E-state index in [0.717, 1.165) is 6.20 Å². The van der Waals surface area contributed by atoms with E-state index in [-0.39, 0.29) is 6.61 Å². The molecule has 0 saturated carbocycles. The second kappa shape index (κ2) is 5.80. The second-order valence-corrected chi connectivity index (χ2v) is 4.25. The van der Waals surface area contributed by atoms with Crippen LogP contribution in [0.4, 0.5) is 4.39 Å². The lowest BCUT2D eigenvalue weighted by Crippen LogP contribution is -2.19. The van der Waals surface area contributed by atoms with Crippen molar-refractivity contribution in [2.75, 3.05) is 6.61 Å². The molecule has 1 unspecified atom stereocenters. The Balaban J connectivity index is 1.98. The molecular formula is C13H12ClFN2O. The van der Waals surface area contributed by atoms with E-state index in [0.29, 0.717) is 16.3 Å². The molecule has 0 aliphatic heterocycles. The maximum atomic E-state index is 13.0. The summed E-state index contributed by atoms with van der Waals surface area (Å²) in [5, 5.41) is 0.591. The molecule has 1 heterocycles. The zero-order valence-electron chi connectivity index (χ0n) is 9.51. The summed E-state index contributed by atoms with van der Waals surface area (Å²) in [4.78, 5) is 3.74. The van der Waals surface area contributed by atoms with E-state index >= 15 is 0 Å². The highest BCUT2D eigenvalue weighted by Gasteiger charge is 2.08. The first-order valence-electron chi connectivity index (χ1n) is 5.39. The van der Waals surface area contributed by atoms with Gasteiger partial charge in [-0.15, -0.1) is 0 Å². The van der Waals surface area contributed by atoms with Gasteiger partial charge in [0.05, 0.1) is 12.2 Å². The van der Waals surface area contributed by atoms with Gasteiger partial charge in [-0.05, 0) is 29.8 Å². The monoisotopic (exact) mass is 266 g/mol. The molecule has 0 saturated heterocycles. The van der Waals surface area contributed by atoms with E-state index < -0.39 is 11.9 Å². The highest BCUT2D eigenvalue weighted by atomic mass is 35.5. The van der Waals surface area contributed by atoms with Crippen molar-refractivity contribution in [1.29, 1.82) is 0 Å². The maximum absolute atomic E-state index is 13.0. The van der Waals surface area contributed by atoms with Gasteiger partial charge in [-0.1, -0.05) is 17.7 Å². The van der Waals surface area contributed by atoms with Gasteiger partial charge < -0.3 is 10.5 Å². The summed E-state index contributed by atoms with van der Waals surface area (Å²) < 4.78 is 18.5. The van der Waals surface area contributed by atoms with Crippen LogP contribution in [-0.2, 0) is 0 Å². The molecule has 0 fully saturated rings. The lowest BCUT2D eigenvalue weighted by molar-refractivity contribution is 0.290. The first-order chi connectivity index (χ1) is 8.65. The van der Waals surface area contributed by atoms with Crippen LogP contribution >= 0.6 is 11.6 Å². The summed E-state index contributed by atoms with van der Waals surface area (Å²) in [6.45, 7) is 0.228. The van der Waals surface area contributed by atoms with Crippen molar-refractivity contribution in [3.05, 3.63) is 59.1 Å². The van der Waals surface area contributed by atoms with Gasteiger partial charge in [0.2, 0.25) is 0 Å². The van der Waals surface area contributed by atoms with E-state index in [4.69, 9.17) is 22.1 Å². The molecule has 1 atom stereocenters. The zero-order chi connectivity index (χ0) is 13.0. The predicted octanol–water partition coefficient (Wildman–Crippen LogP) is 2.95. The molecule has 1 aromatic carbocycles.